The molecule has 1 N–H and O–H groups in total. The van der Waals surface area contributed by atoms with Crippen molar-refractivity contribution in [3.8, 4) is 0 Å². The molecule has 0 bridgehead atoms. The molecule has 1 atom stereocenters. The van der Waals surface area contributed by atoms with E-state index in [0.29, 0.717) is 29.7 Å². The number of carbonyl (C=O) groups excluding carboxylic acids is 1. The van der Waals surface area contributed by atoms with Crippen LogP contribution >= 0.6 is 11.8 Å². The van der Waals surface area contributed by atoms with Gasteiger partial charge in [-0.3, -0.25) is 14.2 Å². The SMILES string of the molecule is CCc1c(C)nc2n(c1=O)CC(C(=O)Nc1cc(C)ccn1)CS2. The average Bonchev–Trinajstić information content (AvgIpc) is 2.55. The summed E-state index contributed by atoms with van der Waals surface area (Å²) in [6, 6.07) is 3.70. The number of fused-ring (bicyclic) bond motifs is 1. The fourth-order valence-electron chi connectivity index (χ4n) is 2.79. The molecule has 2 aromatic rings. The van der Waals surface area contributed by atoms with Crippen molar-refractivity contribution in [2.45, 2.75) is 38.9 Å². The Bertz CT molecular complexity index is 847. The number of aromatic nitrogens is 3. The highest BCUT2D eigenvalue weighted by atomic mass is 32.2. The summed E-state index contributed by atoms with van der Waals surface area (Å²) in [5.74, 6) is 0.752. The van der Waals surface area contributed by atoms with Crippen molar-refractivity contribution in [3.05, 3.63) is 45.5 Å². The van der Waals surface area contributed by atoms with Crippen molar-refractivity contribution in [2.75, 3.05) is 11.1 Å². The number of thioether (sulfide) groups is 1. The normalized spacial score (nSPS) is 16.5. The molecule has 1 amide bonds. The number of rotatable bonds is 3. The molecule has 1 aliphatic heterocycles. The van der Waals surface area contributed by atoms with Gasteiger partial charge in [0, 0.05) is 29.8 Å². The Kier molecular flexibility index (Phi) is 4.71. The molecular weight excluding hydrogens is 324 g/mol. The van der Waals surface area contributed by atoms with Crippen molar-refractivity contribution in [3.63, 3.8) is 0 Å². The maximum absolute atomic E-state index is 12.6. The summed E-state index contributed by atoms with van der Waals surface area (Å²) >= 11 is 1.46. The number of hydrogen-bond acceptors (Lipinski definition) is 5. The number of anilines is 1. The molecule has 0 radical (unpaired) electrons. The lowest BCUT2D eigenvalue weighted by Crippen LogP contribution is -2.38. The van der Waals surface area contributed by atoms with Crippen LogP contribution in [0.4, 0.5) is 5.82 Å². The van der Waals surface area contributed by atoms with Gasteiger partial charge >= 0.3 is 0 Å². The van der Waals surface area contributed by atoms with E-state index >= 15 is 0 Å². The van der Waals surface area contributed by atoms with Gasteiger partial charge < -0.3 is 5.32 Å². The lowest BCUT2D eigenvalue weighted by atomic mass is 10.1. The van der Waals surface area contributed by atoms with E-state index in [1.54, 1.807) is 10.8 Å². The minimum absolute atomic E-state index is 0.0290. The smallest absolute Gasteiger partial charge is 0.257 e. The van der Waals surface area contributed by atoms with Gasteiger partial charge in [-0.2, -0.15) is 0 Å². The minimum atomic E-state index is -0.281. The molecule has 126 valence electrons. The maximum Gasteiger partial charge on any atom is 0.257 e. The Balaban J connectivity index is 1.82. The molecule has 3 heterocycles. The number of aryl methyl sites for hydroxylation is 2. The molecule has 0 saturated heterocycles. The maximum atomic E-state index is 12.6. The van der Waals surface area contributed by atoms with Crippen LogP contribution in [-0.4, -0.2) is 26.2 Å². The highest BCUT2D eigenvalue weighted by Crippen LogP contribution is 2.26. The number of carbonyl (C=O) groups is 1. The molecule has 0 aromatic carbocycles. The van der Waals surface area contributed by atoms with E-state index in [-0.39, 0.29) is 17.4 Å². The monoisotopic (exact) mass is 344 g/mol. The van der Waals surface area contributed by atoms with Crippen molar-refractivity contribution in [1.29, 1.82) is 0 Å². The van der Waals surface area contributed by atoms with Crippen LogP contribution in [0.25, 0.3) is 0 Å². The predicted octanol–water partition coefficient (Wildman–Crippen LogP) is 2.18. The molecule has 0 fully saturated rings. The van der Waals surface area contributed by atoms with Crippen LogP contribution in [0, 0.1) is 19.8 Å². The van der Waals surface area contributed by atoms with Crippen LogP contribution in [0.5, 0.6) is 0 Å². The van der Waals surface area contributed by atoms with Crippen molar-refractivity contribution >= 4 is 23.5 Å². The second-order valence-electron chi connectivity index (χ2n) is 5.94. The summed E-state index contributed by atoms with van der Waals surface area (Å²) in [5.41, 5.74) is 2.51. The van der Waals surface area contributed by atoms with Crippen LogP contribution in [0.2, 0.25) is 0 Å². The standard InChI is InChI=1S/C17H20N4O2S/c1-4-13-11(3)19-17-21(16(13)23)8-12(9-24-17)15(22)20-14-7-10(2)5-6-18-14/h5-7,12H,4,8-9H2,1-3H3,(H,18,20,22). The number of amides is 1. The highest BCUT2D eigenvalue weighted by molar-refractivity contribution is 7.99. The summed E-state index contributed by atoms with van der Waals surface area (Å²) in [6.45, 7) is 6.12. The van der Waals surface area contributed by atoms with Gasteiger partial charge in [0.25, 0.3) is 5.56 Å². The fourth-order valence-corrected chi connectivity index (χ4v) is 3.92. The third kappa shape index (κ3) is 3.21. The number of nitrogens with one attached hydrogen (secondary N) is 1. The van der Waals surface area contributed by atoms with Gasteiger partial charge in [0.05, 0.1) is 5.92 Å². The lowest BCUT2D eigenvalue weighted by Gasteiger charge is -2.25. The zero-order chi connectivity index (χ0) is 17.3. The van der Waals surface area contributed by atoms with Crippen molar-refractivity contribution < 1.29 is 4.79 Å². The first-order chi connectivity index (χ1) is 11.5. The average molecular weight is 344 g/mol. The first-order valence-corrected chi connectivity index (χ1v) is 8.94. The summed E-state index contributed by atoms with van der Waals surface area (Å²) in [6.07, 6.45) is 2.31. The van der Waals surface area contributed by atoms with Crippen LogP contribution in [0.15, 0.2) is 28.3 Å². The Morgan fingerprint density at radius 1 is 1.46 bits per heavy atom. The molecule has 6 nitrogen and oxygen atoms in total. The van der Waals surface area contributed by atoms with Crippen LogP contribution in [0.1, 0.15) is 23.7 Å². The van der Waals surface area contributed by atoms with E-state index in [2.05, 4.69) is 15.3 Å². The van der Waals surface area contributed by atoms with Crippen molar-refractivity contribution in [2.24, 2.45) is 5.92 Å². The van der Waals surface area contributed by atoms with E-state index < -0.39 is 0 Å². The minimum Gasteiger partial charge on any atom is -0.310 e. The molecule has 0 saturated carbocycles. The van der Waals surface area contributed by atoms with Gasteiger partial charge in [0.2, 0.25) is 5.91 Å². The molecule has 0 spiro atoms. The molecule has 0 aliphatic carbocycles. The second kappa shape index (κ2) is 6.76. The topological polar surface area (TPSA) is 76.9 Å². The third-order valence-electron chi connectivity index (χ3n) is 4.14. The predicted molar refractivity (Wildman–Crippen MR) is 94.4 cm³/mol. The largest absolute Gasteiger partial charge is 0.310 e. The second-order valence-corrected chi connectivity index (χ2v) is 6.93. The van der Waals surface area contributed by atoms with Gasteiger partial charge in [-0.05, 0) is 38.0 Å². The van der Waals surface area contributed by atoms with E-state index in [9.17, 15) is 9.59 Å². The highest BCUT2D eigenvalue weighted by Gasteiger charge is 2.28. The Morgan fingerprint density at radius 2 is 2.25 bits per heavy atom. The van der Waals surface area contributed by atoms with Gasteiger partial charge in [-0.1, -0.05) is 18.7 Å². The first kappa shape index (κ1) is 16.7. The summed E-state index contributed by atoms with van der Waals surface area (Å²) in [7, 11) is 0. The molecule has 1 aliphatic rings. The van der Waals surface area contributed by atoms with Crippen LogP contribution < -0.4 is 10.9 Å². The van der Waals surface area contributed by atoms with Gasteiger partial charge in [-0.25, -0.2) is 9.97 Å². The number of pyridine rings is 1. The van der Waals surface area contributed by atoms with Crippen LogP contribution in [-0.2, 0) is 17.8 Å². The van der Waals surface area contributed by atoms with E-state index in [0.717, 1.165) is 16.8 Å². The van der Waals surface area contributed by atoms with E-state index in [1.807, 2.05) is 32.9 Å². The lowest BCUT2D eigenvalue weighted by molar-refractivity contribution is -0.119. The zero-order valence-electron chi connectivity index (χ0n) is 14.0. The molecule has 1 unspecified atom stereocenters. The summed E-state index contributed by atoms with van der Waals surface area (Å²) < 4.78 is 1.63. The molecule has 24 heavy (non-hydrogen) atoms. The first-order valence-electron chi connectivity index (χ1n) is 7.96. The van der Waals surface area contributed by atoms with E-state index in [4.69, 9.17) is 0 Å². The zero-order valence-corrected chi connectivity index (χ0v) is 14.8. The van der Waals surface area contributed by atoms with Gasteiger partial charge in [0.1, 0.15) is 5.82 Å². The summed E-state index contributed by atoms with van der Waals surface area (Å²) in [4.78, 5) is 33.8. The van der Waals surface area contributed by atoms with Crippen LogP contribution in [0.3, 0.4) is 0 Å². The summed E-state index contributed by atoms with van der Waals surface area (Å²) in [5, 5.41) is 3.54. The van der Waals surface area contributed by atoms with E-state index in [1.165, 1.54) is 11.8 Å². The third-order valence-corrected chi connectivity index (χ3v) is 5.28. The van der Waals surface area contributed by atoms with Gasteiger partial charge in [-0.15, -0.1) is 0 Å². The molecule has 7 heteroatoms. The molecule has 2 aromatic heterocycles. The fraction of sp³-hybridized carbons (Fsp3) is 0.412. The molecule has 3 rings (SSSR count). The Hall–Kier alpha value is -2.15. The van der Waals surface area contributed by atoms with Gasteiger partial charge in [0.15, 0.2) is 5.16 Å². The van der Waals surface area contributed by atoms with Crippen molar-refractivity contribution in [1.82, 2.24) is 14.5 Å². The molecular formula is C17H20N4O2S. The number of nitrogens with zero attached hydrogens (tertiary/aromatic N) is 3. The Labute approximate surface area is 144 Å². The number of hydrogen-bond donors (Lipinski definition) is 1. The Morgan fingerprint density at radius 3 is 2.96 bits per heavy atom. The quantitative estimate of drug-likeness (QED) is 0.864.